The van der Waals surface area contributed by atoms with Crippen molar-refractivity contribution in [2.45, 2.75) is 26.7 Å². The minimum absolute atomic E-state index is 0.266. The molecule has 0 aromatic carbocycles. The standard InChI is InChI=1S/C8H14N2O4/c1-3-5-13-7(11)9-10-8(12)14-6-4-2/h3-6H2,1-2H3/b10-9+. The summed E-state index contributed by atoms with van der Waals surface area (Å²) in [6, 6.07) is 0. The van der Waals surface area contributed by atoms with Crippen molar-refractivity contribution in [3.05, 3.63) is 0 Å². The van der Waals surface area contributed by atoms with Crippen LogP contribution in [-0.2, 0) is 9.47 Å². The Morgan fingerprint density at radius 3 is 1.57 bits per heavy atom. The lowest BCUT2D eigenvalue weighted by Gasteiger charge is -1.96. The molecular formula is C8H14N2O4. The molecule has 0 aliphatic heterocycles. The van der Waals surface area contributed by atoms with Crippen LogP contribution in [0, 0.1) is 0 Å². The first-order chi connectivity index (χ1) is 6.70. The summed E-state index contributed by atoms with van der Waals surface area (Å²) in [5.41, 5.74) is 0. The van der Waals surface area contributed by atoms with Crippen molar-refractivity contribution in [3.63, 3.8) is 0 Å². The predicted octanol–water partition coefficient (Wildman–Crippen LogP) is 2.53. The molecule has 0 fully saturated rings. The van der Waals surface area contributed by atoms with Gasteiger partial charge in [0.25, 0.3) is 0 Å². The Hall–Kier alpha value is -1.46. The summed E-state index contributed by atoms with van der Waals surface area (Å²) in [7, 11) is 0. The van der Waals surface area contributed by atoms with Crippen LogP contribution >= 0.6 is 0 Å². The minimum Gasteiger partial charge on any atom is -0.447 e. The average Bonchev–Trinajstić information content (AvgIpc) is 2.20. The molecular weight excluding hydrogens is 188 g/mol. The molecule has 0 aromatic rings. The van der Waals surface area contributed by atoms with E-state index in [2.05, 4.69) is 19.7 Å². The van der Waals surface area contributed by atoms with E-state index >= 15 is 0 Å². The molecule has 0 unspecified atom stereocenters. The Morgan fingerprint density at radius 1 is 0.929 bits per heavy atom. The number of hydrogen-bond donors (Lipinski definition) is 0. The van der Waals surface area contributed by atoms with Gasteiger partial charge < -0.3 is 9.47 Å². The molecule has 0 atom stereocenters. The summed E-state index contributed by atoms with van der Waals surface area (Å²) in [6.07, 6.45) is -0.358. The zero-order valence-corrected chi connectivity index (χ0v) is 8.36. The summed E-state index contributed by atoms with van der Waals surface area (Å²) in [5.74, 6) is 0. The lowest BCUT2D eigenvalue weighted by atomic mass is 10.5. The minimum atomic E-state index is -0.875. The molecule has 80 valence electrons. The van der Waals surface area contributed by atoms with Crippen LogP contribution in [-0.4, -0.2) is 25.4 Å². The Kier molecular flexibility index (Phi) is 7.30. The molecule has 6 nitrogen and oxygen atoms in total. The van der Waals surface area contributed by atoms with Gasteiger partial charge in [-0.25, -0.2) is 9.59 Å². The fraction of sp³-hybridized carbons (Fsp3) is 0.750. The fourth-order valence-corrected chi connectivity index (χ4v) is 0.518. The van der Waals surface area contributed by atoms with E-state index in [-0.39, 0.29) is 13.2 Å². The lowest BCUT2D eigenvalue weighted by Crippen LogP contribution is -2.02. The van der Waals surface area contributed by atoms with Crippen LogP contribution in [0.2, 0.25) is 0 Å². The van der Waals surface area contributed by atoms with E-state index in [0.29, 0.717) is 12.8 Å². The van der Waals surface area contributed by atoms with Gasteiger partial charge in [-0.2, -0.15) is 0 Å². The van der Waals surface area contributed by atoms with Gasteiger partial charge in [-0.3, -0.25) is 0 Å². The van der Waals surface area contributed by atoms with Crippen LogP contribution < -0.4 is 0 Å². The molecule has 0 aliphatic rings. The number of carbonyl (C=O) groups is 2. The van der Waals surface area contributed by atoms with Crippen molar-refractivity contribution >= 4 is 12.2 Å². The van der Waals surface area contributed by atoms with Gasteiger partial charge in [0.15, 0.2) is 0 Å². The second-order valence-corrected chi connectivity index (χ2v) is 2.43. The van der Waals surface area contributed by atoms with E-state index in [0.717, 1.165) is 0 Å². The normalized spacial score (nSPS) is 10.1. The van der Waals surface area contributed by atoms with Crippen LogP contribution in [0.5, 0.6) is 0 Å². The largest absolute Gasteiger partial charge is 0.452 e. The van der Waals surface area contributed by atoms with Crippen molar-refractivity contribution < 1.29 is 19.1 Å². The summed E-state index contributed by atoms with van der Waals surface area (Å²) in [4.78, 5) is 21.4. The first-order valence-corrected chi connectivity index (χ1v) is 4.46. The molecule has 0 heterocycles. The number of hydrogen-bond acceptors (Lipinski definition) is 4. The first kappa shape index (κ1) is 12.5. The van der Waals surface area contributed by atoms with E-state index < -0.39 is 12.2 Å². The highest BCUT2D eigenvalue weighted by molar-refractivity contribution is 5.73. The van der Waals surface area contributed by atoms with Crippen molar-refractivity contribution in [2.75, 3.05) is 13.2 Å². The number of ether oxygens (including phenoxy) is 2. The maximum Gasteiger partial charge on any atom is 0.452 e. The van der Waals surface area contributed by atoms with Gasteiger partial charge in [-0.15, -0.1) is 0 Å². The highest BCUT2D eigenvalue weighted by atomic mass is 16.6. The van der Waals surface area contributed by atoms with E-state index in [1.54, 1.807) is 0 Å². The van der Waals surface area contributed by atoms with Crippen LogP contribution in [0.3, 0.4) is 0 Å². The molecule has 0 saturated carbocycles. The number of amides is 2. The van der Waals surface area contributed by atoms with Crippen LogP contribution in [0.25, 0.3) is 0 Å². The van der Waals surface area contributed by atoms with Crippen molar-refractivity contribution in [3.8, 4) is 0 Å². The second kappa shape index (κ2) is 8.15. The van der Waals surface area contributed by atoms with Crippen molar-refractivity contribution in [1.82, 2.24) is 0 Å². The molecule has 0 N–H and O–H groups in total. The van der Waals surface area contributed by atoms with Crippen LogP contribution in [0.1, 0.15) is 26.7 Å². The smallest absolute Gasteiger partial charge is 0.447 e. The Morgan fingerprint density at radius 2 is 1.29 bits per heavy atom. The van der Waals surface area contributed by atoms with Gasteiger partial charge in [-0.1, -0.05) is 24.1 Å². The SMILES string of the molecule is CCCOC(=O)/N=N/C(=O)OCCC. The molecule has 2 amide bonds. The van der Waals surface area contributed by atoms with Gasteiger partial charge in [-0.05, 0) is 12.8 Å². The number of rotatable bonds is 4. The Bertz CT molecular complexity index is 193. The van der Waals surface area contributed by atoms with Crippen molar-refractivity contribution in [2.24, 2.45) is 10.2 Å². The van der Waals surface area contributed by atoms with E-state index in [9.17, 15) is 9.59 Å². The lowest BCUT2D eigenvalue weighted by molar-refractivity contribution is 0.146. The van der Waals surface area contributed by atoms with Gasteiger partial charge in [0.1, 0.15) is 0 Å². The van der Waals surface area contributed by atoms with Gasteiger partial charge in [0.2, 0.25) is 0 Å². The van der Waals surface area contributed by atoms with Gasteiger partial charge in [0.05, 0.1) is 13.2 Å². The quantitative estimate of drug-likeness (QED) is 0.656. The fourth-order valence-electron chi connectivity index (χ4n) is 0.518. The number of nitrogens with zero attached hydrogens (tertiary/aromatic N) is 2. The van der Waals surface area contributed by atoms with Crippen LogP contribution in [0.4, 0.5) is 9.59 Å². The van der Waals surface area contributed by atoms with E-state index in [1.165, 1.54) is 0 Å². The zero-order valence-electron chi connectivity index (χ0n) is 8.36. The molecule has 0 saturated heterocycles. The second-order valence-electron chi connectivity index (χ2n) is 2.43. The Labute approximate surface area is 82.3 Å². The molecule has 0 aliphatic carbocycles. The van der Waals surface area contributed by atoms with Gasteiger partial charge >= 0.3 is 12.2 Å². The highest BCUT2D eigenvalue weighted by Gasteiger charge is 2.02. The third kappa shape index (κ3) is 7.20. The third-order valence-electron chi connectivity index (χ3n) is 1.07. The Balaban J connectivity index is 3.68. The number of azo groups is 1. The van der Waals surface area contributed by atoms with Gasteiger partial charge in [0, 0.05) is 0 Å². The molecule has 6 heteroatoms. The topological polar surface area (TPSA) is 77.3 Å². The predicted molar refractivity (Wildman–Crippen MR) is 48.1 cm³/mol. The zero-order chi connectivity index (χ0) is 10.8. The molecule has 0 bridgehead atoms. The van der Waals surface area contributed by atoms with E-state index in [1.807, 2.05) is 13.8 Å². The monoisotopic (exact) mass is 202 g/mol. The molecule has 0 rings (SSSR count). The molecule has 0 radical (unpaired) electrons. The van der Waals surface area contributed by atoms with Crippen molar-refractivity contribution in [1.29, 1.82) is 0 Å². The molecule has 14 heavy (non-hydrogen) atoms. The highest BCUT2D eigenvalue weighted by Crippen LogP contribution is 1.91. The van der Waals surface area contributed by atoms with Crippen LogP contribution in [0.15, 0.2) is 10.2 Å². The van der Waals surface area contributed by atoms with E-state index in [4.69, 9.17) is 0 Å². The number of carbonyl (C=O) groups excluding carboxylic acids is 2. The maximum absolute atomic E-state index is 10.7. The summed E-state index contributed by atoms with van der Waals surface area (Å²) in [5, 5.41) is 6.01. The summed E-state index contributed by atoms with van der Waals surface area (Å²) >= 11 is 0. The first-order valence-electron chi connectivity index (χ1n) is 4.46. The summed E-state index contributed by atoms with van der Waals surface area (Å²) < 4.78 is 9.08. The maximum atomic E-state index is 10.7. The molecule has 0 aromatic heterocycles. The average molecular weight is 202 g/mol. The summed E-state index contributed by atoms with van der Waals surface area (Å²) in [6.45, 7) is 4.23. The molecule has 0 spiro atoms. The third-order valence-corrected chi connectivity index (χ3v) is 1.07.